The predicted molar refractivity (Wildman–Crippen MR) is 92.8 cm³/mol. The molecule has 0 spiro atoms. The van der Waals surface area contributed by atoms with Crippen molar-refractivity contribution in [1.29, 1.82) is 0 Å². The van der Waals surface area contributed by atoms with Crippen LogP contribution in [-0.2, 0) is 19.4 Å². The molecule has 0 fully saturated rings. The third-order valence-electron chi connectivity index (χ3n) is 3.76. The summed E-state index contributed by atoms with van der Waals surface area (Å²) in [6.45, 7) is 0.532. The molecule has 0 unspecified atom stereocenters. The summed E-state index contributed by atoms with van der Waals surface area (Å²) >= 11 is 8.51. The highest BCUT2D eigenvalue weighted by molar-refractivity contribution is 9.10. The van der Waals surface area contributed by atoms with Crippen molar-refractivity contribution in [2.75, 3.05) is 0 Å². The Morgan fingerprint density at radius 3 is 2.76 bits per heavy atom. The maximum absolute atomic E-state index is 5.91. The zero-order chi connectivity index (χ0) is 14.8. The van der Waals surface area contributed by atoms with E-state index in [1.54, 1.807) is 0 Å². The number of nitrogens with two attached hydrogens (primary N) is 1. The number of aryl methyl sites for hydroxylation is 2. The van der Waals surface area contributed by atoms with Gasteiger partial charge in [-0.25, -0.2) is 0 Å². The molecule has 0 amide bonds. The first-order valence-electron chi connectivity index (χ1n) is 6.96. The first-order valence-corrected chi connectivity index (χ1v) is 8.16. The van der Waals surface area contributed by atoms with Crippen LogP contribution in [0.5, 0.6) is 5.75 Å². The number of thiocarbonyl (C=S) groups is 1. The molecule has 0 heterocycles. The molecule has 2 aromatic rings. The summed E-state index contributed by atoms with van der Waals surface area (Å²) < 4.78 is 6.85. The van der Waals surface area contributed by atoms with Gasteiger partial charge in [0.2, 0.25) is 0 Å². The van der Waals surface area contributed by atoms with Crippen molar-refractivity contribution in [3.05, 3.63) is 63.1 Å². The second kappa shape index (κ2) is 6.16. The summed E-state index contributed by atoms with van der Waals surface area (Å²) in [6.07, 6.45) is 3.65. The van der Waals surface area contributed by atoms with Gasteiger partial charge in [0.25, 0.3) is 0 Å². The van der Waals surface area contributed by atoms with E-state index in [1.165, 1.54) is 36.0 Å². The molecule has 0 radical (unpaired) electrons. The third kappa shape index (κ3) is 3.27. The molecular formula is C17H16BrNOS. The lowest BCUT2D eigenvalue weighted by Crippen LogP contribution is -2.11. The van der Waals surface area contributed by atoms with Gasteiger partial charge in [-0.2, -0.15) is 0 Å². The van der Waals surface area contributed by atoms with E-state index in [9.17, 15) is 0 Å². The second-order valence-electron chi connectivity index (χ2n) is 5.25. The molecule has 1 aliphatic carbocycles. The average molecular weight is 362 g/mol. The van der Waals surface area contributed by atoms with Gasteiger partial charge >= 0.3 is 0 Å². The van der Waals surface area contributed by atoms with Gasteiger partial charge in [0.1, 0.15) is 17.3 Å². The topological polar surface area (TPSA) is 35.2 Å². The molecule has 108 valence electrons. The standard InChI is InChI=1S/C17H16BrNOS/c18-14-6-7-16(15(9-14)17(19)21)20-10-11-4-5-12-2-1-3-13(12)8-11/h4-9H,1-3,10H2,(H2,19,21). The lowest BCUT2D eigenvalue weighted by molar-refractivity contribution is 0.305. The lowest BCUT2D eigenvalue weighted by Gasteiger charge is -2.12. The van der Waals surface area contributed by atoms with Crippen molar-refractivity contribution in [2.45, 2.75) is 25.9 Å². The number of ether oxygens (including phenoxy) is 1. The Kier molecular flexibility index (Phi) is 4.27. The van der Waals surface area contributed by atoms with E-state index in [0.717, 1.165) is 15.8 Å². The molecule has 0 saturated heterocycles. The Hall–Kier alpha value is -1.39. The molecular weight excluding hydrogens is 346 g/mol. The van der Waals surface area contributed by atoms with Crippen molar-refractivity contribution in [3.8, 4) is 5.75 Å². The number of halogens is 1. The van der Waals surface area contributed by atoms with Crippen LogP contribution in [0.1, 0.15) is 28.7 Å². The number of hydrogen-bond acceptors (Lipinski definition) is 2. The number of benzene rings is 2. The van der Waals surface area contributed by atoms with Gasteiger partial charge in [0, 0.05) is 4.47 Å². The maximum Gasteiger partial charge on any atom is 0.130 e. The highest BCUT2D eigenvalue weighted by Crippen LogP contribution is 2.26. The van der Waals surface area contributed by atoms with Crippen LogP contribution in [0.3, 0.4) is 0 Å². The minimum Gasteiger partial charge on any atom is -0.488 e. The quantitative estimate of drug-likeness (QED) is 0.830. The molecule has 2 nitrogen and oxygen atoms in total. The summed E-state index contributed by atoms with van der Waals surface area (Å²) in [5.74, 6) is 0.728. The van der Waals surface area contributed by atoms with E-state index < -0.39 is 0 Å². The van der Waals surface area contributed by atoms with Crippen LogP contribution < -0.4 is 10.5 Å². The van der Waals surface area contributed by atoms with Crippen LogP contribution in [0, 0.1) is 0 Å². The molecule has 1 aliphatic rings. The summed E-state index contributed by atoms with van der Waals surface area (Å²) in [4.78, 5) is 0.347. The van der Waals surface area contributed by atoms with E-state index in [4.69, 9.17) is 22.7 Å². The largest absolute Gasteiger partial charge is 0.488 e. The maximum atomic E-state index is 5.91. The molecule has 4 heteroatoms. The summed E-state index contributed by atoms with van der Waals surface area (Å²) in [5, 5.41) is 0. The number of hydrogen-bond donors (Lipinski definition) is 1. The lowest BCUT2D eigenvalue weighted by atomic mass is 10.1. The van der Waals surface area contributed by atoms with Gasteiger partial charge in [-0.1, -0.05) is 46.3 Å². The highest BCUT2D eigenvalue weighted by atomic mass is 79.9. The van der Waals surface area contributed by atoms with Crippen molar-refractivity contribution >= 4 is 33.1 Å². The third-order valence-corrected chi connectivity index (χ3v) is 4.48. The fourth-order valence-corrected chi connectivity index (χ4v) is 3.22. The van der Waals surface area contributed by atoms with Crippen LogP contribution >= 0.6 is 28.1 Å². The number of fused-ring (bicyclic) bond motifs is 1. The summed E-state index contributed by atoms with van der Waals surface area (Å²) in [6, 6.07) is 12.3. The van der Waals surface area contributed by atoms with E-state index >= 15 is 0 Å². The van der Waals surface area contributed by atoms with Gasteiger partial charge in [0.05, 0.1) is 5.56 Å². The van der Waals surface area contributed by atoms with Crippen molar-refractivity contribution in [2.24, 2.45) is 5.73 Å². The molecule has 0 saturated carbocycles. The van der Waals surface area contributed by atoms with Gasteiger partial charge in [-0.15, -0.1) is 0 Å². The predicted octanol–water partition coefficient (Wildman–Crippen LogP) is 4.15. The second-order valence-corrected chi connectivity index (χ2v) is 6.61. The van der Waals surface area contributed by atoms with Crippen molar-refractivity contribution in [3.63, 3.8) is 0 Å². The normalized spacial score (nSPS) is 13.0. The minimum atomic E-state index is 0.347. The van der Waals surface area contributed by atoms with E-state index in [0.29, 0.717) is 11.6 Å². The first kappa shape index (κ1) is 14.5. The molecule has 0 atom stereocenters. The molecule has 3 rings (SSSR count). The Morgan fingerprint density at radius 2 is 1.95 bits per heavy atom. The van der Waals surface area contributed by atoms with Crippen LogP contribution in [0.4, 0.5) is 0 Å². The van der Waals surface area contributed by atoms with E-state index in [-0.39, 0.29) is 0 Å². The van der Waals surface area contributed by atoms with Gasteiger partial charge < -0.3 is 10.5 Å². The molecule has 0 aromatic heterocycles. The Morgan fingerprint density at radius 1 is 1.14 bits per heavy atom. The molecule has 21 heavy (non-hydrogen) atoms. The zero-order valence-electron chi connectivity index (χ0n) is 11.6. The van der Waals surface area contributed by atoms with Gasteiger partial charge in [0.15, 0.2) is 0 Å². The van der Waals surface area contributed by atoms with Crippen LogP contribution in [-0.4, -0.2) is 4.99 Å². The van der Waals surface area contributed by atoms with Gasteiger partial charge in [-0.3, -0.25) is 0 Å². The molecule has 0 bridgehead atoms. The fraction of sp³-hybridized carbons (Fsp3) is 0.235. The molecule has 2 aromatic carbocycles. The highest BCUT2D eigenvalue weighted by Gasteiger charge is 2.12. The van der Waals surface area contributed by atoms with Gasteiger partial charge in [-0.05, 0) is 54.2 Å². The SMILES string of the molecule is NC(=S)c1cc(Br)ccc1OCc1ccc2c(c1)CCC2. The first-order chi connectivity index (χ1) is 10.1. The number of rotatable bonds is 4. The average Bonchev–Trinajstić information content (AvgIpc) is 2.93. The summed E-state index contributed by atoms with van der Waals surface area (Å²) in [7, 11) is 0. The van der Waals surface area contributed by atoms with Crippen LogP contribution in [0.15, 0.2) is 40.9 Å². The fourth-order valence-electron chi connectivity index (χ4n) is 2.70. The van der Waals surface area contributed by atoms with Crippen molar-refractivity contribution in [1.82, 2.24) is 0 Å². The smallest absolute Gasteiger partial charge is 0.130 e. The van der Waals surface area contributed by atoms with Crippen LogP contribution in [0.25, 0.3) is 0 Å². The van der Waals surface area contributed by atoms with Crippen molar-refractivity contribution < 1.29 is 4.74 Å². The summed E-state index contributed by atoms with van der Waals surface area (Å²) in [5.41, 5.74) is 10.6. The molecule has 0 aliphatic heterocycles. The Balaban J connectivity index is 1.77. The Bertz CT molecular complexity index is 699. The van der Waals surface area contributed by atoms with Crippen LogP contribution in [0.2, 0.25) is 0 Å². The van der Waals surface area contributed by atoms with E-state index in [2.05, 4.69) is 34.1 Å². The molecule has 2 N–H and O–H groups in total. The monoisotopic (exact) mass is 361 g/mol. The minimum absolute atomic E-state index is 0.347. The van der Waals surface area contributed by atoms with E-state index in [1.807, 2.05) is 18.2 Å². The Labute approximate surface area is 138 Å². The zero-order valence-corrected chi connectivity index (χ0v) is 14.0.